The zero-order valence-electron chi connectivity index (χ0n) is 11.7. The molecule has 0 aliphatic rings. The lowest BCUT2D eigenvalue weighted by Crippen LogP contribution is -2.12. The first-order chi connectivity index (χ1) is 10.2. The average Bonchev–Trinajstić information content (AvgIpc) is 2.50. The molecule has 0 saturated heterocycles. The summed E-state index contributed by atoms with van der Waals surface area (Å²) in [6, 6.07) is 6.71. The summed E-state index contributed by atoms with van der Waals surface area (Å²) < 4.78 is 10.2. The standard InChI is InChI=1S/C14H17N3O4/c1-20-9-10-21-8-7-15-12-5-6-16-14-11(12)3-2-4-13(14)17(18)19/h2-6H,7-10H2,1H3,(H,15,16). The number of hydrogen-bond acceptors (Lipinski definition) is 6. The summed E-state index contributed by atoms with van der Waals surface area (Å²) >= 11 is 0. The molecule has 1 aromatic carbocycles. The molecule has 0 amide bonds. The van der Waals surface area contributed by atoms with Crippen molar-refractivity contribution in [1.82, 2.24) is 4.98 Å². The summed E-state index contributed by atoms with van der Waals surface area (Å²) in [7, 11) is 1.62. The number of aromatic nitrogens is 1. The summed E-state index contributed by atoms with van der Waals surface area (Å²) in [5, 5.41) is 14.9. The van der Waals surface area contributed by atoms with Crippen molar-refractivity contribution in [2.45, 2.75) is 0 Å². The highest BCUT2D eigenvalue weighted by Gasteiger charge is 2.13. The second-order valence-electron chi connectivity index (χ2n) is 4.32. The number of para-hydroxylation sites is 1. The van der Waals surface area contributed by atoms with Gasteiger partial charge in [0.15, 0.2) is 0 Å². The van der Waals surface area contributed by atoms with Crippen LogP contribution in [-0.4, -0.2) is 43.4 Å². The number of fused-ring (bicyclic) bond motifs is 1. The van der Waals surface area contributed by atoms with Crippen molar-refractivity contribution in [3.8, 4) is 0 Å². The largest absolute Gasteiger partial charge is 0.382 e. The van der Waals surface area contributed by atoms with E-state index < -0.39 is 4.92 Å². The number of rotatable bonds is 8. The molecule has 0 bridgehead atoms. The Bertz CT molecular complexity index is 618. The van der Waals surface area contributed by atoms with E-state index in [1.807, 2.05) is 6.07 Å². The Labute approximate surface area is 122 Å². The maximum Gasteiger partial charge on any atom is 0.295 e. The molecule has 1 N–H and O–H groups in total. The molecule has 2 rings (SSSR count). The second kappa shape index (κ2) is 7.51. The van der Waals surface area contributed by atoms with Crippen LogP contribution in [0.4, 0.5) is 11.4 Å². The fourth-order valence-corrected chi connectivity index (χ4v) is 1.96. The van der Waals surface area contributed by atoms with Gasteiger partial charge in [0.1, 0.15) is 5.52 Å². The smallest absolute Gasteiger partial charge is 0.295 e. The van der Waals surface area contributed by atoms with Crippen molar-refractivity contribution in [1.29, 1.82) is 0 Å². The third-order valence-corrected chi connectivity index (χ3v) is 2.94. The van der Waals surface area contributed by atoms with Crippen LogP contribution in [0.25, 0.3) is 10.9 Å². The third kappa shape index (κ3) is 3.87. The van der Waals surface area contributed by atoms with Gasteiger partial charge < -0.3 is 14.8 Å². The number of benzene rings is 1. The maximum absolute atomic E-state index is 11.0. The number of nitrogens with zero attached hydrogens (tertiary/aromatic N) is 2. The summed E-state index contributed by atoms with van der Waals surface area (Å²) in [5.41, 5.74) is 1.19. The monoisotopic (exact) mass is 291 g/mol. The molecule has 1 heterocycles. The molecule has 0 aliphatic carbocycles. The van der Waals surface area contributed by atoms with E-state index in [0.29, 0.717) is 31.9 Å². The fourth-order valence-electron chi connectivity index (χ4n) is 1.96. The van der Waals surface area contributed by atoms with Crippen LogP contribution >= 0.6 is 0 Å². The van der Waals surface area contributed by atoms with Gasteiger partial charge >= 0.3 is 0 Å². The molecule has 1 aromatic heterocycles. The first-order valence-corrected chi connectivity index (χ1v) is 6.56. The molecule has 21 heavy (non-hydrogen) atoms. The molecule has 2 aromatic rings. The Morgan fingerprint density at radius 1 is 1.29 bits per heavy atom. The summed E-state index contributed by atoms with van der Waals surface area (Å²) in [5.74, 6) is 0. The van der Waals surface area contributed by atoms with Gasteiger partial charge in [-0.25, -0.2) is 4.98 Å². The van der Waals surface area contributed by atoms with Crippen LogP contribution in [0, 0.1) is 10.1 Å². The normalized spacial score (nSPS) is 10.7. The predicted octanol–water partition coefficient (Wildman–Crippen LogP) is 2.22. The minimum atomic E-state index is -0.424. The van der Waals surface area contributed by atoms with Crippen LogP contribution < -0.4 is 5.32 Å². The molecule has 7 nitrogen and oxygen atoms in total. The quantitative estimate of drug-likeness (QED) is 0.456. The van der Waals surface area contributed by atoms with Gasteiger partial charge in [-0.3, -0.25) is 10.1 Å². The number of hydrogen-bond donors (Lipinski definition) is 1. The van der Waals surface area contributed by atoms with Crippen molar-refractivity contribution in [2.24, 2.45) is 0 Å². The molecule has 0 radical (unpaired) electrons. The lowest BCUT2D eigenvalue weighted by Gasteiger charge is -2.09. The van der Waals surface area contributed by atoms with Gasteiger partial charge in [-0.15, -0.1) is 0 Å². The predicted molar refractivity (Wildman–Crippen MR) is 79.6 cm³/mol. The van der Waals surface area contributed by atoms with Gasteiger partial charge in [0, 0.05) is 37.0 Å². The van der Waals surface area contributed by atoms with E-state index in [-0.39, 0.29) is 5.69 Å². The van der Waals surface area contributed by atoms with E-state index in [9.17, 15) is 10.1 Å². The minimum absolute atomic E-state index is 0.00694. The summed E-state index contributed by atoms with van der Waals surface area (Å²) in [6.45, 7) is 2.23. The Morgan fingerprint density at radius 3 is 2.90 bits per heavy atom. The SMILES string of the molecule is COCCOCCNc1ccnc2c([N+](=O)[O-])cccc12. The average molecular weight is 291 g/mol. The van der Waals surface area contributed by atoms with Crippen molar-refractivity contribution in [3.05, 3.63) is 40.6 Å². The first kappa shape index (κ1) is 15.1. The molecular formula is C14H17N3O4. The van der Waals surface area contributed by atoms with Gasteiger partial charge in [0.05, 0.1) is 24.7 Å². The summed E-state index contributed by atoms with van der Waals surface area (Å²) in [6.07, 6.45) is 1.56. The van der Waals surface area contributed by atoms with E-state index in [0.717, 1.165) is 11.1 Å². The minimum Gasteiger partial charge on any atom is -0.382 e. The van der Waals surface area contributed by atoms with E-state index in [1.165, 1.54) is 6.07 Å². The number of methoxy groups -OCH3 is 1. The van der Waals surface area contributed by atoms with Crippen LogP contribution in [-0.2, 0) is 9.47 Å². The molecule has 0 saturated carbocycles. The van der Waals surface area contributed by atoms with Crippen LogP contribution in [0.3, 0.4) is 0 Å². The Morgan fingerprint density at radius 2 is 2.14 bits per heavy atom. The van der Waals surface area contributed by atoms with E-state index in [4.69, 9.17) is 9.47 Å². The van der Waals surface area contributed by atoms with Gasteiger partial charge in [-0.1, -0.05) is 12.1 Å². The second-order valence-corrected chi connectivity index (χ2v) is 4.32. The number of anilines is 1. The van der Waals surface area contributed by atoms with Crippen molar-refractivity contribution < 1.29 is 14.4 Å². The Hall–Kier alpha value is -2.25. The Balaban J connectivity index is 2.07. The summed E-state index contributed by atoms with van der Waals surface area (Å²) in [4.78, 5) is 14.7. The fraction of sp³-hybridized carbons (Fsp3) is 0.357. The number of nitro benzene ring substituents is 1. The number of ether oxygens (including phenoxy) is 2. The molecule has 0 atom stereocenters. The highest BCUT2D eigenvalue weighted by atomic mass is 16.6. The van der Waals surface area contributed by atoms with Crippen molar-refractivity contribution >= 4 is 22.3 Å². The molecular weight excluding hydrogens is 274 g/mol. The number of nitro groups is 1. The molecule has 0 aliphatic heterocycles. The van der Waals surface area contributed by atoms with Gasteiger partial charge in [0.2, 0.25) is 0 Å². The van der Waals surface area contributed by atoms with Crippen molar-refractivity contribution in [3.63, 3.8) is 0 Å². The van der Waals surface area contributed by atoms with E-state index in [2.05, 4.69) is 10.3 Å². The molecule has 0 spiro atoms. The topological polar surface area (TPSA) is 86.5 Å². The first-order valence-electron chi connectivity index (χ1n) is 6.56. The van der Waals surface area contributed by atoms with Crippen LogP contribution in [0.15, 0.2) is 30.5 Å². The lowest BCUT2D eigenvalue weighted by atomic mass is 10.1. The zero-order chi connectivity index (χ0) is 15.1. The Kier molecular flexibility index (Phi) is 5.42. The maximum atomic E-state index is 11.0. The van der Waals surface area contributed by atoms with E-state index >= 15 is 0 Å². The lowest BCUT2D eigenvalue weighted by molar-refractivity contribution is -0.383. The van der Waals surface area contributed by atoms with Crippen LogP contribution in [0.2, 0.25) is 0 Å². The molecule has 112 valence electrons. The zero-order valence-corrected chi connectivity index (χ0v) is 11.7. The number of nitrogens with one attached hydrogen (secondary N) is 1. The van der Waals surface area contributed by atoms with Crippen LogP contribution in [0.1, 0.15) is 0 Å². The van der Waals surface area contributed by atoms with E-state index in [1.54, 1.807) is 25.4 Å². The molecule has 0 unspecified atom stereocenters. The van der Waals surface area contributed by atoms with Gasteiger partial charge in [-0.05, 0) is 6.07 Å². The van der Waals surface area contributed by atoms with Gasteiger partial charge in [-0.2, -0.15) is 0 Å². The highest BCUT2D eigenvalue weighted by molar-refractivity contribution is 5.96. The molecule has 0 fully saturated rings. The van der Waals surface area contributed by atoms with Gasteiger partial charge in [0.25, 0.3) is 5.69 Å². The number of non-ortho nitro benzene ring substituents is 1. The molecule has 7 heteroatoms. The highest BCUT2D eigenvalue weighted by Crippen LogP contribution is 2.28. The number of pyridine rings is 1. The van der Waals surface area contributed by atoms with Crippen LogP contribution in [0.5, 0.6) is 0 Å². The third-order valence-electron chi connectivity index (χ3n) is 2.94. The van der Waals surface area contributed by atoms with Crippen molar-refractivity contribution in [2.75, 3.05) is 38.8 Å².